The number of thioether (sulfide) groups is 1. The average Bonchev–Trinajstić information content (AvgIpc) is 3.27. The smallest absolute Gasteiger partial charge is 0.115 e. The van der Waals surface area contributed by atoms with E-state index in [4.69, 9.17) is 4.74 Å². The number of hydrogen-bond donors (Lipinski definition) is 3. The van der Waals surface area contributed by atoms with Crippen molar-refractivity contribution in [3.05, 3.63) is 30.0 Å². The van der Waals surface area contributed by atoms with Gasteiger partial charge in [0.2, 0.25) is 0 Å². The van der Waals surface area contributed by atoms with Crippen LogP contribution in [0.3, 0.4) is 0 Å². The molecule has 1 aromatic carbocycles. The number of aliphatic hydroxyl groups excluding tert-OH is 1. The summed E-state index contributed by atoms with van der Waals surface area (Å²) in [6.45, 7) is 1.72. The third-order valence-electron chi connectivity index (χ3n) is 4.10. The molecule has 1 aromatic heterocycles. The zero-order valence-corrected chi connectivity index (χ0v) is 13.0. The first kappa shape index (κ1) is 14.1. The predicted molar refractivity (Wildman–Crippen MR) is 91.0 cm³/mol. The second-order valence-corrected chi connectivity index (χ2v) is 6.75. The molecule has 22 heavy (non-hydrogen) atoms. The number of anilines is 1. The fourth-order valence-electron chi connectivity index (χ4n) is 2.92. The van der Waals surface area contributed by atoms with Gasteiger partial charge in [0.15, 0.2) is 0 Å². The van der Waals surface area contributed by atoms with Crippen LogP contribution in [0.5, 0.6) is 0 Å². The molecule has 1 unspecified atom stereocenters. The number of H-pyrrole nitrogens is 1. The number of fused-ring (bicyclic) bond motifs is 1. The van der Waals surface area contributed by atoms with E-state index in [1.807, 2.05) is 0 Å². The third-order valence-corrected chi connectivity index (χ3v) is 5.25. The second kappa shape index (κ2) is 5.95. The van der Waals surface area contributed by atoms with Gasteiger partial charge in [0.05, 0.1) is 42.2 Å². The van der Waals surface area contributed by atoms with Crippen molar-refractivity contribution < 1.29 is 9.84 Å². The van der Waals surface area contributed by atoms with Crippen molar-refractivity contribution in [1.29, 1.82) is 0 Å². The minimum atomic E-state index is 0.0274. The summed E-state index contributed by atoms with van der Waals surface area (Å²) >= 11 is 1.70. The summed E-state index contributed by atoms with van der Waals surface area (Å²) in [6, 6.07) is 8.82. The van der Waals surface area contributed by atoms with Gasteiger partial charge in [-0.05, 0) is 18.6 Å². The van der Waals surface area contributed by atoms with Gasteiger partial charge in [-0.25, -0.2) is 0 Å². The van der Waals surface area contributed by atoms with Crippen molar-refractivity contribution in [2.45, 2.75) is 18.5 Å². The normalized spacial score (nSPS) is 24.9. The highest BCUT2D eigenvalue weighted by atomic mass is 32.2. The first-order chi connectivity index (χ1) is 10.8. The van der Waals surface area contributed by atoms with Gasteiger partial charge < -0.3 is 20.1 Å². The molecule has 4 rings (SSSR count). The molecular weight excluding hydrogens is 298 g/mol. The largest absolute Gasteiger partial charge is 0.394 e. The Labute approximate surface area is 133 Å². The van der Waals surface area contributed by atoms with Crippen LogP contribution in [-0.2, 0) is 4.74 Å². The number of aliphatic imine (C=N–C) groups is 1. The quantitative estimate of drug-likeness (QED) is 0.809. The Morgan fingerprint density at radius 3 is 3.18 bits per heavy atom. The SMILES string of the molecule is OC[C@@H]1CSC(c2cc3cccc(NC4CCOC4)c3[nH]2)=N1. The Kier molecular flexibility index (Phi) is 3.82. The molecule has 0 spiro atoms. The monoisotopic (exact) mass is 317 g/mol. The summed E-state index contributed by atoms with van der Waals surface area (Å²) < 4.78 is 5.43. The number of rotatable bonds is 4. The van der Waals surface area contributed by atoms with Gasteiger partial charge in [0.25, 0.3) is 0 Å². The molecule has 5 nitrogen and oxygen atoms in total. The maximum absolute atomic E-state index is 9.22. The first-order valence-electron chi connectivity index (χ1n) is 7.61. The highest BCUT2D eigenvalue weighted by molar-refractivity contribution is 8.14. The fraction of sp³-hybridized carbons (Fsp3) is 0.438. The summed E-state index contributed by atoms with van der Waals surface area (Å²) in [5.41, 5.74) is 3.26. The van der Waals surface area contributed by atoms with Crippen molar-refractivity contribution in [1.82, 2.24) is 4.98 Å². The highest BCUT2D eigenvalue weighted by Gasteiger charge is 2.21. The highest BCUT2D eigenvalue weighted by Crippen LogP contribution is 2.29. The van der Waals surface area contributed by atoms with Gasteiger partial charge in [-0.1, -0.05) is 12.1 Å². The number of aliphatic hydroxyl groups is 1. The molecule has 0 amide bonds. The van der Waals surface area contributed by atoms with Crippen LogP contribution in [0.1, 0.15) is 12.1 Å². The predicted octanol–water partition coefficient (Wildman–Crippen LogP) is 2.22. The number of aromatic amines is 1. The van der Waals surface area contributed by atoms with Gasteiger partial charge in [0.1, 0.15) is 5.04 Å². The second-order valence-electron chi connectivity index (χ2n) is 5.74. The van der Waals surface area contributed by atoms with Crippen molar-refractivity contribution in [2.75, 3.05) is 30.9 Å². The molecular formula is C16H19N3O2S. The van der Waals surface area contributed by atoms with Crippen LogP contribution in [-0.4, -0.2) is 52.8 Å². The maximum Gasteiger partial charge on any atom is 0.115 e. The molecule has 2 atom stereocenters. The number of benzene rings is 1. The number of ether oxygens (including phenoxy) is 1. The minimum Gasteiger partial charge on any atom is -0.394 e. The van der Waals surface area contributed by atoms with E-state index in [0.717, 1.165) is 47.3 Å². The summed E-state index contributed by atoms with van der Waals surface area (Å²) in [6.07, 6.45) is 1.05. The Morgan fingerprint density at radius 2 is 2.41 bits per heavy atom. The topological polar surface area (TPSA) is 69.6 Å². The van der Waals surface area contributed by atoms with Crippen molar-refractivity contribution in [3.63, 3.8) is 0 Å². The van der Waals surface area contributed by atoms with E-state index in [9.17, 15) is 5.11 Å². The average molecular weight is 317 g/mol. The molecule has 116 valence electrons. The number of aromatic nitrogens is 1. The van der Waals surface area contributed by atoms with Crippen LogP contribution in [0, 0.1) is 0 Å². The summed E-state index contributed by atoms with van der Waals surface area (Å²) in [7, 11) is 0. The van der Waals surface area contributed by atoms with Crippen LogP contribution >= 0.6 is 11.8 Å². The van der Waals surface area contributed by atoms with Gasteiger partial charge in [-0.15, -0.1) is 11.8 Å². The molecule has 3 N–H and O–H groups in total. The Morgan fingerprint density at radius 1 is 1.45 bits per heavy atom. The lowest BCUT2D eigenvalue weighted by Gasteiger charge is -2.12. The van der Waals surface area contributed by atoms with Crippen LogP contribution in [0.2, 0.25) is 0 Å². The molecule has 0 bridgehead atoms. The lowest BCUT2D eigenvalue weighted by molar-refractivity contribution is 0.195. The molecule has 2 aliphatic heterocycles. The molecule has 1 saturated heterocycles. The minimum absolute atomic E-state index is 0.0274. The molecule has 3 heterocycles. The van der Waals surface area contributed by atoms with Gasteiger partial charge in [-0.2, -0.15) is 0 Å². The van der Waals surface area contributed by atoms with E-state index >= 15 is 0 Å². The van der Waals surface area contributed by atoms with Crippen molar-refractivity contribution in [3.8, 4) is 0 Å². The lowest BCUT2D eigenvalue weighted by Crippen LogP contribution is -2.18. The van der Waals surface area contributed by atoms with E-state index in [0.29, 0.717) is 6.04 Å². The Balaban J connectivity index is 1.65. The Bertz CT molecular complexity index is 706. The first-order valence-corrected chi connectivity index (χ1v) is 8.60. The molecule has 0 radical (unpaired) electrons. The fourth-order valence-corrected chi connectivity index (χ4v) is 3.94. The van der Waals surface area contributed by atoms with Gasteiger partial charge in [-0.3, -0.25) is 4.99 Å². The van der Waals surface area contributed by atoms with Gasteiger partial charge in [0, 0.05) is 17.7 Å². The molecule has 6 heteroatoms. The van der Waals surface area contributed by atoms with Crippen LogP contribution in [0.25, 0.3) is 10.9 Å². The zero-order valence-electron chi connectivity index (χ0n) is 12.2. The third kappa shape index (κ3) is 2.62. The van der Waals surface area contributed by atoms with Crippen LogP contribution in [0.15, 0.2) is 29.3 Å². The maximum atomic E-state index is 9.22. The number of para-hydroxylation sites is 1. The Hall–Kier alpha value is -1.50. The van der Waals surface area contributed by atoms with Crippen molar-refractivity contribution >= 4 is 33.4 Å². The zero-order chi connectivity index (χ0) is 14.9. The van der Waals surface area contributed by atoms with E-state index in [2.05, 4.69) is 39.6 Å². The van der Waals surface area contributed by atoms with Crippen LogP contribution < -0.4 is 5.32 Å². The van der Waals surface area contributed by atoms with Gasteiger partial charge >= 0.3 is 0 Å². The van der Waals surface area contributed by atoms with Crippen LogP contribution in [0.4, 0.5) is 5.69 Å². The summed E-state index contributed by atoms with van der Waals surface area (Å²) in [4.78, 5) is 8.05. The molecule has 0 saturated carbocycles. The summed E-state index contributed by atoms with van der Waals surface area (Å²) in [5, 5.41) is 15.0. The summed E-state index contributed by atoms with van der Waals surface area (Å²) in [5.74, 6) is 0.853. The van der Waals surface area contributed by atoms with E-state index in [1.54, 1.807) is 11.8 Å². The number of hydrogen-bond acceptors (Lipinski definition) is 5. The molecule has 2 aromatic rings. The molecule has 0 aliphatic carbocycles. The van der Waals surface area contributed by atoms with E-state index in [1.165, 1.54) is 5.39 Å². The standard InChI is InChI=1S/C16H19N3O2S/c20-7-12-9-22-16(18-12)14-6-10-2-1-3-13(15(10)19-14)17-11-4-5-21-8-11/h1-3,6,11-12,17,19-20H,4-5,7-9H2/t11?,12-/m1/s1. The van der Waals surface area contributed by atoms with E-state index in [-0.39, 0.29) is 12.6 Å². The van der Waals surface area contributed by atoms with E-state index < -0.39 is 0 Å². The molecule has 1 fully saturated rings. The molecule has 2 aliphatic rings. The van der Waals surface area contributed by atoms with Crippen molar-refractivity contribution in [2.24, 2.45) is 4.99 Å². The number of nitrogens with one attached hydrogen (secondary N) is 2. The number of nitrogens with zero attached hydrogens (tertiary/aromatic N) is 1. The lowest BCUT2D eigenvalue weighted by atomic mass is 10.2.